The smallest absolute Gasteiger partial charge is 0.348 e. The highest BCUT2D eigenvalue weighted by atomic mass is 32.1. The normalized spacial score (nSPS) is 10.5. The molecule has 94 valence electrons. The molecule has 0 saturated heterocycles. The summed E-state index contributed by atoms with van der Waals surface area (Å²) in [4.78, 5) is 16.0. The number of hydrogen-bond donors (Lipinski definition) is 1. The number of furan rings is 1. The highest BCUT2D eigenvalue weighted by Gasteiger charge is 2.19. The van der Waals surface area contributed by atoms with Crippen LogP contribution in [0.4, 0.5) is 0 Å². The van der Waals surface area contributed by atoms with Crippen LogP contribution in [0.5, 0.6) is 0 Å². The maximum Gasteiger partial charge on any atom is 0.348 e. The molecule has 1 N–H and O–H groups in total. The van der Waals surface area contributed by atoms with Crippen molar-refractivity contribution in [2.75, 3.05) is 0 Å². The fourth-order valence-electron chi connectivity index (χ4n) is 1.77. The zero-order valence-electron chi connectivity index (χ0n) is 9.74. The Kier molecular flexibility index (Phi) is 2.89. The van der Waals surface area contributed by atoms with Gasteiger partial charge in [-0.25, -0.2) is 9.78 Å². The van der Waals surface area contributed by atoms with Gasteiger partial charge in [-0.05, 0) is 6.07 Å². The molecule has 3 aromatic rings. The first-order valence-electron chi connectivity index (χ1n) is 5.58. The second-order valence-corrected chi connectivity index (χ2v) is 4.88. The summed E-state index contributed by atoms with van der Waals surface area (Å²) in [6, 6.07) is 11.1. The number of carbonyl (C=O) groups is 1. The van der Waals surface area contributed by atoms with Crippen LogP contribution >= 0.6 is 11.3 Å². The quantitative estimate of drug-likeness (QED) is 0.787. The van der Waals surface area contributed by atoms with Gasteiger partial charge in [0, 0.05) is 11.1 Å². The first-order chi connectivity index (χ1) is 9.25. The Balaban J connectivity index is 2.16. The Morgan fingerprint density at radius 1 is 1.16 bits per heavy atom. The number of rotatable bonds is 3. The Hall–Kier alpha value is -2.40. The summed E-state index contributed by atoms with van der Waals surface area (Å²) >= 11 is 1.15. The van der Waals surface area contributed by atoms with Crippen molar-refractivity contribution in [2.45, 2.75) is 0 Å². The summed E-state index contributed by atoms with van der Waals surface area (Å²) < 4.78 is 5.00. The number of benzene rings is 1. The highest BCUT2D eigenvalue weighted by Crippen LogP contribution is 2.33. The third kappa shape index (κ3) is 2.15. The molecule has 3 rings (SSSR count). The number of hydrogen-bond acceptors (Lipinski definition) is 4. The van der Waals surface area contributed by atoms with E-state index in [9.17, 15) is 9.90 Å². The van der Waals surface area contributed by atoms with Gasteiger partial charge in [0.2, 0.25) is 0 Å². The molecular weight excluding hydrogens is 262 g/mol. The van der Waals surface area contributed by atoms with Crippen LogP contribution < -0.4 is 0 Å². The van der Waals surface area contributed by atoms with Gasteiger partial charge in [0.05, 0.1) is 12.0 Å². The van der Waals surface area contributed by atoms with Crippen LogP contribution in [0.1, 0.15) is 9.67 Å². The van der Waals surface area contributed by atoms with E-state index >= 15 is 0 Å². The summed E-state index contributed by atoms with van der Waals surface area (Å²) in [5.41, 5.74) is 2.08. The van der Waals surface area contributed by atoms with Gasteiger partial charge in [0.15, 0.2) is 0 Å². The van der Waals surface area contributed by atoms with E-state index in [-0.39, 0.29) is 4.88 Å². The Bertz CT molecular complexity index is 702. The molecule has 19 heavy (non-hydrogen) atoms. The van der Waals surface area contributed by atoms with Gasteiger partial charge < -0.3 is 9.52 Å². The predicted molar refractivity (Wildman–Crippen MR) is 72.2 cm³/mol. The van der Waals surface area contributed by atoms with E-state index in [4.69, 9.17) is 4.42 Å². The molecule has 0 aliphatic carbocycles. The molecule has 4 nitrogen and oxygen atoms in total. The fourth-order valence-corrected chi connectivity index (χ4v) is 2.68. The SMILES string of the molecule is O=C(O)c1sc(-c2ccoc2)nc1-c1ccccc1. The van der Waals surface area contributed by atoms with Crippen molar-refractivity contribution in [1.82, 2.24) is 4.98 Å². The van der Waals surface area contributed by atoms with E-state index in [1.54, 1.807) is 18.6 Å². The second kappa shape index (κ2) is 4.70. The molecule has 0 spiro atoms. The molecule has 0 radical (unpaired) electrons. The van der Waals surface area contributed by atoms with E-state index in [0.29, 0.717) is 10.7 Å². The van der Waals surface area contributed by atoms with E-state index in [0.717, 1.165) is 22.5 Å². The minimum atomic E-state index is -0.967. The average Bonchev–Trinajstić information content (AvgIpc) is 3.08. The van der Waals surface area contributed by atoms with Crippen LogP contribution in [0.15, 0.2) is 53.3 Å². The van der Waals surface area contributed by atoms with Crippen molar-refractivity contribution in [3.05, 3.63) is 53.8 Å². The Morgan fingerprint density at radius 2 is 1.95 bits per heavy atom. The van der Waals surface area contributed by atoms with Gasteiger partial charge >= 0.3 is 5.97 Å². The van der Waals surface area contributed by atoms with Crippen LogP contribution in [0.3, 0.4) is 0 Å². The van der Waals surface area contributed by atoms with Gasteiger partial charge in [-0.1, -0.05) is 30.3 Å². The van der Waals surface area contributed by atoms with Gasteiger partial charge in [-0.2, -0.15) is 0 Å². The molecule has 5 heteroatoms. The summed E-state index contributed by atoms with van der Waals surface area (Å²) in [5, 5.41) is 9.93. The van der Waals surface area contributed by atoms with Gasteiger partial charge in [-0.3, -0.25) is 0 Å². The summed E-state index contributed by atoms with van der Waals surface area (Å²) in [6.07, 6.45) is 3.10. The molecular formula is C14H9NO3S. The van der Waals surface area contributed by atoms with E-state index in [1.807, 2.05) is 30.3 Å². The third-order valence-corrected chi connectivity index (χ3v) is 3.73. The van der Waals surface area contributed by atoms with Crippen LogP contribution in [-0.2, 0) is 0 Å². The minimum Gasteiger partial charge on any atom is -0.477 e. The fraction of sp³-hybridized carbons (Fsp3) is 0. The Morgan fingerprint density at radius 3 is 2.58 bits per heavy atom. The first-order valence-corrected chi connectivity index (χ1v) is 6.39. The zero-order valence-corrected chi connectivity index (χ0v) is 10.6. The van der Waals surface area contributed by atoms with Crippen molar-refractivity contribution in [3.63, 3.8) is 0 Å². The molecule has 0 amide bonds. The lowest BCUT2D eigenvalue weighted by Crippen LogP contribution is -1.95. The number of carboxylic acid groups (broad SMARTS) is 1. The molecule has 1 aromatic carbocycles. The third-order valence-electron chi connectivity index (χ3n) is 2.64. The highest BCUT2D eigenvalue weighted by molar-refractivity contribution is 7.17. The van der Waals surface area contributed by atoms with Gasteiger partial charge in [-0.15, -0.1) is 11.3 Å². The molecule has 0 aliphatic rings. The predicted octanol–water partition coefficient (Wildman–Crippen LogP) is 3.77. The molecule has 0 fully saturated rings. The van der Waals surface area contributed by atoms with Gasteiger partial charge in [0.25, 0.3) is 0 Å². The molecule has 2 aromatic heterocycles. The number of aromatic nitrogens is 1. The average molecular weight is 271 g/mol. The molecule has 0 saturated carbocycles. The monoisotopic (exact) mass is 271 g/mol. The standard InChI is InChI=1S/C14H9NO3S/c16-14(17)12-11(9-4-2-1-3-5-9)15-13(19-12)10-6-7-18-8-10/h1-8H,(H,16,17). The number of thiazole rings is 1. The molecule has 2 heterocycles. The first kappa shape index (κ1) is 11.7. The number of aromatic carboxylic acids is 1. The molecule has 0 aliphatic heterocycles. The lowest BCUT2D eigenvalue weighted by atomic mass is 10.1. The van der Waals surface area contributed by atoms with Crippen LogP contribution in [0, 0.1) is 0 Å². The Labute approximate surface area is 113 Å². The zero-order chi connectivity index (χ0) is 13.2. The lowest BCUT2D eigenvalue weighted by Gasteiger charge is -1.97. The van der Waals surface area contributed by atoms with Crippen molar-refractivity contribution < 1.29 is 14.3 Å². The summed E-state index contributed by atoms with van der Waals surface area (Å²) in [5.74, 6) is -0.967. The summed E-state index contributed by atoms with van der Waals surface area (Å²) in [6.45, 7) is 0. The topological polar surface area (TPSA) is 63.3 Å². The van der Waals surface area contributed by atoms with Gasteiger partial charge in [0.1, 0.15) is 16.1 Å². The van der Waals surface area contributed by atoms with Crippen LogP contribution in [0.25, 0.3) is 21.8 Å². The maximum absolute atomic E-state index is 11.3. The molecule has 0 unspecified atom stereocenters. The second-order valence-electron chi connectivity index (χ2n) is 3.88. The maximum atomic E-state index is 11.3. The summed E-state index contributed by atoms with van der Waals surface area (Å²) in [7, 11) is 0. The molecule has 0 bridgehead atoms. The van der Waals surface area contributed by atoms with Crippen molar-refractivity contribution in [2.24, 2.45) is 0 Å². The van der Waals surface area contributed by atoms with Crippen molar-refractivity contribution >= 4 is 17.3 Å². The largest absolute Gasteiger partial charge is 0.477 e. The van der Waals surface area contributed by atoms with E-state index < -0.39 is 5.97 Å². The number of nitrogens with zero attached hydrogens (tertiary/aromatic N) is 1. The van der Waals surface area contributed by atoms with Crippen LogP contribution in [-0.4, -0.2) is 16.1 Å². The molecule has 0 atom stereocenters. The van der Waals surface area contributed by atoms with Crippen molar-refractivity contribution in [1.29, 1.82) is 0 Å². The lowest BCUT2D eigenvalue weighted by molar-refractivity contribution is 0.0702. The van der Waals surface area contributed by atoms with Crippen LogP contribution in [0.2, 0.25) is 0 Å². The van der Waals surface area contributed by atoms with E-state index in [2.05, 4.69) is 4.98 Å². The number of carboxylic acids is 1. The minimum absolute atomic E-state index is 0.238. The van der Waals surface area contributed by atoms with E-state index in [1.165, 1.54) is 0 Å². The van der Waals surface area contributed by atoms with Crippen molar-refractivity contribution in [3.8, 4) is 21.8 Å².